The van der Waals surface area contributed by atoms with Crippen molar-refractivity contribution in [2.24, 2.45) is 5.41 Å². The van der Waals surface area contributed by atoms with E-state index in [0.29, 0.717) is 25.7 Å². The van der Waals surface area contributed by atoms with Crippen molar-refractivity contribution in [3.8, 4) is 0 Å². The van der Waals surface area contributed by atoms with E-state index in [-0.39, 0.29) is 6.42 Å². The third-order valence-electron chi connectivity index (χ3n) is 3.32. The molecule has 0 aromatic carbocycles. The van der Waals surface area contributed by atoms with Crippen molar-refractivity contribution in [2.45, 2.75) is 51.4 Å². The first-order valence-electron chi connectivity index (χ1n) is 6.65. The molecule has 0 unspecified atom stereocenters. The smallest absolute Gasteiger partial charge is 0.310 e. The SMILES string of the molecule is C=CCC(CC=C)(CCCCCCC(=O)O)C(=O)O. The van der Waals surface area contributed by atoms with Gasteiger partial charge >= 0.3 is 11.9 Å². The molecule has 0 aliphatic rings. The number of carboxylic acids is 2. The van der Waals surface area contributed by atoms with Crippen molar-refractivity contribution in [1.29, 1.82) is 0 Å². The van der Waals surface area contributed by atoms with Crippen LogP contribution in [-0.4, -0.2) is 22.2 Å². The van der Waals surface area contributed by atoms with Gasteiger partial charge < -0.3 is 10.2 Å². The predicted octanol–water partition coefficient (Wildman–Crippen LogP) is 3.63. The average Bonchev–Trinajstić information content (AvgIpc) is 2.33. The van der Waals surface area contributed by atoms with Gasteiger partial charge in [0.05, 0.1) is 5.41 Å². The molecule has 0 aliphatic heterocycles. The van der Waals surface area contributed by atoms with Crippen LogP contribution >= 0.6 is 0 Å². The van der Waals surface area contributed by atoms with E-state index in [1.54, 1.807) is 12.2 Å². The van der Waals surface area contributed by atoms with Gasteiger partial charge in [-0.3, -0.25) is 9.59 Å². The number of hydrogen-bond donors (Lipinski definition) is 2. The average molecular weight is 268 g/mol. The number of allylic oxidation sites excluding steroid dienone is 2. The number of carboxylic acid groups (broad SMARTS) is 2. The topological polar surface area (TPSA) is 74.6 Å². The molecule has 19 heavy (non-hydrogen) atoms. The molecule has 0 aromatic heterocycles. The lowest BCUT2D eigenvalue weighted by Gasteiger charge is -2.27. The third-order valence-corrected chi connectivity index (χ3v) is 3.32. The Morgan fingerprint density at radius 2 is 1.47 bits per heavy atom. The lowest BCUT2D eigenvalue weighted by atomic mass is 9.76. The number of hydrogen-bond acceptors (Lipinski definition) is 2. The highest BCUT2D eigenvalue weighted by Gasteiger charge is 2.35. The highest BCUT2D eigenvalue weighted by atomic mass is 16.4. The third kappa shape index (κ3) is 6.79. The van der Waals surface area contributed by atoms with Gasteiger partial charge in [0.15, 0.2) is 0 Å². The molecule has 0 saturated carbocycles. The first-order chi connectivity index (χ1) is 8.98. The van der Waals surface area contributed by atoms with Crippen LogP contribution in [0.2, 0.25) is 0 Å². The van der Waals surface area contributed by atoms with Crippen LogP contribution in [-0.2, 0) is 9.59 Å². The Morgan fingerprint density at radius 1 is 0.947 bits per heavy atom. The Bertz CT molecular complexity index is 310. The molecule has 0 fully saturated rings. The molecule has 0 spiro atoms. The van der Waals surface area contributed by atoms with Gasteiger partial charge in [-0.05, 0) is 25.7 Å². The van der Waals surface area contributed by atoms with Gasteiger partial charge in [0.1, 0.15) is 0 Å². The maximum absolute atomic E-state index is 11.4. The maximum atomic E-state index is 11.4. The van der Waals surface area contributed by atoms with Gasteiger partial charge in [-0.1, -0.05) is 31.4 Å². The summed E-state index contributed by atoms with van der Waals surface area (Å²) in [5.74, 6) is -1.59. The molecule has 0 bridgehead atoms. The van der Waals surface area contributed by atoms with E-state index < -0.39 is 17.4 Å². The molecule has 108 valence electrons. The lowest BCUT2D eigenvalue weighted by Crippen LogP contribution is -2.30. The highest BCUT2D eigenvalue weighted by molar-refractivity contribution is 5.75. The second-order valence-corrected chi connectivity index (χ2v) is 4.88. The fourth-order valence-electron chi connectivity index (χ4n) is 2.21. The summed E-state index contributed by atoms with van der Waals surface area (Å²) < 4.78 is 0. The van der Waals surface area contributed by atoms with Gasteiger partial charge in [0.25, 0.3) is 0 Å². The molecule has 0 heterocycles. The van der Waals surface area contributed by atoms with Gasteiger partial charge in [0.2, 0.25) is 0 Å². The summed E-state index contributed by atoms with van der Waals surface area (Å²) in [6.45, 7) is 7.25. The first kappa shape index (κ1) is 17.4. The van der Waals surface area contributed by atoms with Crippen LogP contribution in [0.3, 0.4) is 0 Å². The summed E-state index contributed by atoms with van der Waals surface area (Å²) in [5, 5.41) is 17.9. The van der Waals surface area contributed by atoms with E-state index in [9.17, 15) is 14.7 Å². The summed E-state index contributed by atoms with van der Waals surface area (Å²) in [6, 6.07) is 0. The van der Waals surface area contributed by atoms with E-state index in [1.165, 1.54) is 0 Å². The minimum Gasteiger partial charge on any atom is -0.481 e. The molecule has 0 aromatic rings. The van der Waals surface area contributed by atoms with Crippen LogP contribution in [0.5, 0.6) is 0 Å². The molecule has 0 amide bonds. The molecule has 0 rings (SSSR count). The van der Waals surface area contributed by atoms with E-state index in [1.807, 2.05) is 0 Å². The van der Waals surface area contributed by atoms with Crippen molar-refractivity contribution in [3.05, 3.63) is 25.3 Å². The Morgan fingerprint density at radius 3 is 1.89 bits per heavy atom. The molecular formula is C15H24O4. The van der Waals surface area contributed by atoms with Crippen LogP contribution in [0.25, 0.3) is 0 Å². The zero-order chi connectivity index (χ0) is 14.7. The van der Waals surface area contributed by atoms with E-state index >= 15 is 0 Å². The number of carbonyl (C=O) groups is 2. The second-order valence-electron chi connectivity index (χ2n) is 4.88. The number of rotatable bonds is 12. The molecule has 0 aliphatic carbocycles. The van der Waals surface area contributed by atoms with Crippen LogP contribution in [0, 0.1) is 5.41 Å². The minimum atomic E-state index is -0.808. The first-order valence-corrected chi connectivity index (χ1v) is 6.65. The molecule has 4 nitrogen and oxygen atoms in total. The van der Waals surface area contributed by atoms with Gasteiger partial charge in [-0.25, -0.2) is 0 Å². The maximum Gasteiger partial charge on any atom is 0.310 e. The summed E-state index contributed by atoms with van der Waals surface area (Å²) >= 11 is 0. The van der Waals surface area contributed by atoms with Gasteiger partial charge in [0, 0.05) is 6.42 Å². The van der Waals surface area contributed by atoms with Crippen LogP contribution in [0.4, 0.5) is 0 Å². The number of aliphatic carboxylic acids is 2. The second kappa shape index (κ2) is 9.36. The fourth-order valence-corrected chi connectivity index (χ4v) is 2.21. The zero-order valence-electron chi connectivity index (χ0n) is 11.4. The van der Waals surface area contributed by atoms with Crippen molar-refractivity contribution < 1.29 is 19.8 Å². The predicted molar refractivity (Wildman–Crippen MR) is 75.0 cm³/mol. The minimum absolute atomic E-state index is 0.184. The molecular weight excluding hydrogens is 244 g/mol. The van der Waals surface area contributed by atoms with Crippen molar-refractivity contribution in [3.63, 3.8) is 0 Å². The molecule has 0 atom stereocenters. The van der Waals surface area contributed by atoms with Crippen molar-refractivity contribution in [2.75, 3.05) is 0 Å². The van der Waals surface area contributed by atoms with Gasteiger partial charge in [-0.15, -0.1) is 13.2 Å². The van der Waals surface area contributed by atoms with E-state index in [2.05, 4.69) is 13.2 Å². The zero-order valence-corrected chi connectivity index (χ0v) is 11.4. The summed E-state index contributed by atoms with van der Waals surface area (Å²) in [6.07, 6.45) is 8.03. The Hall–Kier alpha value is -1.58. The standard InChI is InChI=1S/C15H24O4/c1-3-10-15(11-4-2,14(18)19)12-8-6-5-7-9-13(16)17/h3-4H,1-2,5-12H2,(H,16,17)(H,18,19). The van der Waals surface area contributed by atoms with E-state index in [0.717, 1.165) is 19.3 Å². The lowest BCUT2D eigenvalue weighted by molar-refractivity contribution is -0.149. The van der Waals surface area contributed by atoms with Crippen molar-refractivity contribution >= 4 is 11.9 Å². The number of unbranched alkanes of at least 4 members (excludes halogenated alkanes) is 3. The molecule has 2 N–H and O–H groups in total. The monoisotopic (exact) mass is 268 g/mol. The largest absolute Gasteiger partial charge is 0.481 e. The van der Waals surface area contributed by atoms with Crippen LogP contribution in [0.15, 0.2) is 25.3 Å². The molecule has 0 saturated heterocycles. The quantitative estimate of drug-likeness (QED) is 0.418. The molecule has 4 heteroatoms. The highest BCUT2D eigenvalue weighted by Crippen LogP contribution is 2.34. The Balaban J connectivity index is 4.18. The normalized spacial score (nSPS) is 10.9. The Kier molecular flexibility index (Phi) is 8.58. The van der Waals surface area contributed by atoms with Gasteiger partial charge in [-0.2, -0.15) is 0 Å². The fraction of sp³-hybridized carbons (Fsp3) is 0.600. The Labute approximate surface area is 114 Å². The summed E-state index contributed by atoms with van der Waals surface area (Å²) in [7, 11) is 0. The summed E-state index contributed by atoms with van der Waals surface area (Å²) in [4.78, 5) is 21.8. The van der Waals surface area contributed by atoms with Crippen LogP contribution < -0.4 is 0 Å². The molecule has 0 radical (unpaired) electrons. The summed E-state index contributed by atoms with van der Waals surface area (Å²) in [5.41, 5.74) is -0.795. The van der Waals surface area contributed by atoms with Crippen LogP contribution in [0.1, 0.15) is 51.4 Å². The van der Waals surface area contributed by atoms with Crippen molar-refractivity contribution in [1.82, 2.24) is 0 Å². The van der Waals surface area contributed by atoms with E-state index in [4.69, 9.17) is 5.11 Å².